The van der Waals surface area contributed by atoms with Crippen molar-refractivity contribution in [2.75, 3.05) is 26.1 Å². The largest absolute Gasteiger partial charge is 0.573 e. The van der Waals surface area contributed by atoms with Gasteiger partial charge in [-0.15, -0.1) is 24.5 Å². The number of hydrogen-bond donors (Lipinski definition) is 2. The minimum Gasteiger partial charge on any atom is -0.497 e. The first-order valence-electron chi connectivity index (χ1n) is 11.0. The Balaban J connectivity index is 1.90. The number of hydrogen-bond acceptors (Lipinski definition) is 6. The molecule has 3 rings (SSSR count). The van der Waals surface area contributed by atoms with Gasteiger partial charge in [-0.1, -0.05) is 0 Å². The molecule has 0 unspecified atom stereocenters. The van der Waals surface area contributed by atoms with E-state index < -0.39 is 6.36 Å². The second kappa shape index (κ2) is 12.6. The van der Waals surface area contributed by atoms with Crippen molar-refractivity contribution < 1.29 is 32.2 Å². The van der Waals surface area contributed by atoms with Crippen LogP contribution in [-0.2, 0) is 11.3 Å². The number of nitrogens with one attached hydrogen (secondary N) is 2. The maximum Gasteiger partial charge on any atom is 0.573 e. The summed E-state index contributed by atoms with van der Waals surface area (Å²) in [5.74, 6) is 0.704. The van der Waals surface area contributed by atoms with Gasteiger partial charge in [-0.05, 0) is 48.5 Å². The normalized spacial score (nSPS) is 11.7. The minimum absolute atomic E-state index is 0.139. The molecule has 198 valence electrons. The van der Waals surface area contributed by atoms with Crippen molar-refractivity contribution in [3.8, 4) is 28.5 Å². The van der Waals surface area contributed by atoms with Gasteiger partial charge in [0, 0.05) is 49.3 Å². The molecule has 8 nitrogen and oxygen atoms in total. The van der Waals surface area contributed by atoms with Gasteiger partial charge in [-0.25, -0.2) is 0 Å². The van der Waals surface area contributed by atoms with Crippen LogP contribution in [0.2, 0.25) is 0 Å². The van der Waals surface area contributed by atoms with E-state index in [9.17, 15) is 18.0 Å². The van der Waals surface area contributed by atoms with Gasteiger partial charge in [-0.3, -0.25) is 4.79 Å². The van der Waals surface area contributed by atoms with Crippen LogP contribution >= 0.6 is 23.6 Å². The summed E-state index contributed by atoms with van der Waals surface area (Å²) in [5.41, 5.74) is 2.03. The smallest absolute Gasteiger partial charge is 0.497 e. The quantitative estimate of drug-likeness (QED) is 0.288. The van der Waals surface area contributed by atoms with Crippen LogP contribution in [-0.4, -0.2) is 42.7 Å². The Labute approximate surface area is 220 Å². The van der Waals surface area contributed by atoms with Crippen molar-refractivity contribution in [3.05, 3.63) is 52.6 Å². The van der Waals surface area contributed by atoms with E-state index in [1.165, 1.54) is 42.5 Å². The highest BCUT2D eigenvalue weighted by molar-refractivity contribution is 7.80. The van der Waals surface area contributed by atoms with Gasteiger partial charge < -0.3 is 29.4 Å². The highest BCUT2D eigenvalue weighted by Gasteiger charge is 2.31. The second-order valence-electron chi connectivity index (χ2n) is 7.61. The molecule has 3 aromatic rings. The van der Waals surface area contributed by atoms with E-state index in [2.05, 4.69) is 20.4 Å². The number of thiazole rings is 1. The molecule has 0 aliphatic carbocycles. The number of rotatable bonds is 9. The SMILES string of the molecule is COc1cc(NC(=S)N=c2scc(-c3ccc(OC(F)(F)F)cc3)n2CCCNC(C)=O)cc(OC)c1. The molecule has 0 aliphatic rings. The Hall–Kier alpha value is -3.58. The molecule has 0 saturated heterocycles. The van der Waals surface area contributed by atoms with Crippen LogP contribution in [0.3, 0.4) is 0 Å². The first-order chi connectivity index (χ1) is 17.6. The van der Waals surface area contributed by atoms with E-state index >= 15 is 0 Å². The lowest BCUT2D eigenvalue weighted by molar-refractivity contribution is -0.274. The van der Waals surface area contributed by atoms with Crippen molar-refractivity contribution in [1.82, 2.24) is 9.88 Å². The zero-order chi connectivity index (χ0) is 27.0. The molecular formula is C24H25F3N4O4S2. The molecule has 0 spiro atoms. The molecule has 1 aromatic heterocycles. The zero-order valence-corrected chi connectivity index (χ0v) is 21.9. The lowest BCUT2D eigenvalue weighted by atomic mass is 10.1. The fourth-order valence-corrected chi connectivity index (χ4v) is 4.52. The summed E-state index contributed by atoms with van der Waals surface area (Å²) in [6.45, 7) is 2.36. The van der Waals surface area contributed by atoms with E-state index in [1.54, 1.807) is 32.4 Å². The lowest BCUT2D eigenvalue weighted by Gasteiger charge is -2.12. The van der Waals surface area contributed by atoms with Crippen LogP contribution in [0.5, 0.6) is 17.2 Å². The third kappa shape index (κ3) is 8.50. The molecule has 0 fully saturated rings. The van der Waals surface area contributed by atoms with Crippen LogP contribution in [0, 0.1) is 0 Å². The number of alkyl halides is 3. The third-order valence-electron chi connectivity index (χ3n) is 4.91. The van der Waals surface area contributed by atoms with Gasteiger partial charge in [0.05, 0.1) is 19.9 Å². The summed E-state index contributed by atoms with van der Waals surface area (Å²) in [6, 6.07) is 10.8. The highest BCUT2D eigenvalue weighted by atomic mass is 32.1. The number of carbonyl (C=O) groups is 1. The molecule has 2 N–H and O–H groups in total. The Morgan fingerprint density at radius 3 is 2.30 bits per heavy atom. The summed E-state index contributed by atoms with van der Waals surface area (Å²) in [4.78, 5) is 16.4. The van der Waals surface area contributed by atoms with Crippen molar-refractivity contribution in [1.29, 1.82) is 0 Å². The number of methoxy groups -OCH3 is 2. The van der Waals surface area contributed by atoms with Crippen molar-refractivity contribution in [2.24, 2.45) is 4.99 Å². The summed E-state index contributed by atoms with van der Waals surface area (Å²) in [6.07, 6.45) is -4.17. The maximum atomic E-state index is 12.5. The highest BCUT2D eigenvalue weighted by Crippen LogP contribution is 2.28. The van der Waals surface area contributed by atoms with E-state index in [1.807, 2.05) is 9.95 Å². The zero-order valence-electron chi connectivity index (χ0n) is 20.2. The van der Waals surface area contributed by atoms with Crippen LogP contribution in [0.25, 0.3) is 11.3 Å². The molecule has 0 bridgehead atoms. The summed E-state index contributed by atoms with van der Waals surface area (Å²) in [7, 11) is 3.08. The van der Waals surface area contributed by atoms with Gasteiger partial charge >= 0.3 is 6.36 Å². The average Bonchev–Trinajstić information content (AvgIpc) is 3.22. The van der Waals surface area contributed by atoms with Crippen molar-refractivity contribution >= 4 is 40.3 Å². The number of ether oxygens (including phenoxy) is 3. The number of anilines is 1. The number of amides is 1. The Bertz CT molecular complexity index is 1280. The summed E-state index contributed by atoms with van der Waals surface area (Å²) < 4.78 is 54.0. The molecule has 1 heterocycles. The van der Waals surface area contributed by atoms with Crippen molar-refractivity contribution in [2.45, 2.75) is 26.3 Å². The van der Waals surface area contributed by atoms with Crippen LogP contribution < -0.4 is 29.6 Å². The number of nitrogens with zero attached hydrogens (tertiary/aromatic N) is 2. The molecule has 2 aromatic carbocycles. The standard InChI is InChI=1S/C24H25F3N4O4S2/c1-15(32)28-9-4-10-31-21(16-5-7-18(8-6-16)35-24(25,26)27)14-37-23(31)30-22(36)29-17-11-19(33-2)13-20(12-17)34-3/h5-8,11-14H,4,9-10H2,1-3H3,(H,28,32)(H,29,36). The Morgan fingerprint density at radius 1 is 1.08 bits per heavy atom. The molecule has 0 radical (unpaired) electrons. The molecule has 37 heavy (non-hydrogen) atoms. The van der Waals surface area contributed by atoms with Crippen LogP contribution in [0.1, 0.15) is 13.3 Å². The van der Waals surface area contributed by atoms with E-state index in [-0.39, 0.29) is 16.8 Å². The minimum atomic E-state index is -4.77. The van der Waals surface area contributed by atoms with E-state index in [0.717, 1.165) is 5.69 Å². The molecule has 0 atom stereocenters. The maximum absolute atomic E-state index is 12.5. The Morgan fingerprint density at radius 2 is 1.73 bits per heavy atom. The molecule has 1 amide bonds. The predicted molar refractivity (Wildman–Crippen MR) is 139 cm³/mol. The number of benzene rings is 2. The number of carbonyl (C=O) groups excluding carboxylic acids is 1. The monoisotopic (exact) mass is 554 g/mol. The number of halogens is 3. The van der Waals surface area contributed by atoms with Crippen LogP contribution in [0.4, 0.5) is 18.9 Å². The fourth-order valence-electron chi connectivity index (χ4n) is 3.31. The predicted octanol–water partition coefficient (Wildman–Crippen LogP) is 4.96. The van der Waals surface area contributed by atoms with E-state index in [0.29, 0.717) is 47.1 Å². The third-order valence-corrected chi connectivity index (χ3v) is 5.97. The molecule has 13 heteroatoms. The first-order valence-corrected chi connectivity index (χ1v) is 12.2. The molecular weight excluding hydrogens is 529 g/mol. The average molecular weight is 555 g/mol. The van der Waals surface area contributed by atoms with E-state index in [4.69, 9.17) is 21.7 Å². The molecule has 0 saturated carbocycles. The van der Waals surface area contributed by atoms with Crippen LogP contribution in [0.15, 0.2) is 52.8 Å². The van der Waals surface area contributed by atoms with Gasteiger partial charge in [0.15, 0.2) is 9.91 Å². The lowest BCUT2D eigenvalue weighted by Crippen LogP contribution is -2.25. The Kier molecular flexibility index (Phi) is 9.53. The van der Waals surface area contributed by atoms with Crippen molar-refractivity contribution in [3.63, 3.8) is 0 Å². The van der Waals surface area contributed by atoms with Gasteiger partial charge in [0.1, 0.15) is 17.2 Å². The van der Waals surface area contributed by atoms with Gasteiger partial charge in [0.25, 0.3) is 0 Å². The van der Waals surface area contributed by atoms with Gasteiger partial charge in [-0.2, -0.15) is 4.99 Å². The number of thiocarbonyl (C=S) groups is 1. The second-order valence-corrected chi connectivity index (χ2v) is 8.83. The fraction of sp³-hybridized carbons (Fsp3) is 0.292. The first kappa shape index (κ1) is 28.0. The number of aromatic nitrogens is 1. The van der Waals surface area contributed by atoms with Gasteiger partial charge in [0.2, 0.25) is 5.91 Å². The summed E-state index contributed by atoms with van der Waals surface area (Å²) >= 11 is 6.78. The summed E-state index contributed by atoms with van der Waals surface area (Å²) in [5, 5.41) is 7.82. The topological polar surface area (TPSA) is 86.1 Å². The molecule has 0 aliphatic heterocycles.